The lowest BCUT2D eigenvalue weighted by atomic mass is 10.0. The molecular formula is C23H16F4N6O3S. The molecule has 9 nitrogen and oxygen atoms in total. The van der Waals surface area contributed by atoms with Gasteiger partial charge in [0.1, 0.15) is 22.8 Å². The van der Waals surface area contributed by atoms with Crippen LogP contribution in [0.2, 0.25) is 0 Å². The fraction of sp³-hybridized carbons (Fsp3) is 0.0870. The molecular weight excluding hydrogens is 516 g/mol. The zero-order chi connectivity index (χ0) is 26.5. The Balaban J connectivity index is 1.59. The van der Waals surface area contributed by atoms with Gasteiger partial charge in [-0.3, -0.25) is 9.82 Å². The third-order valence-corrected chi connectivity index (χ3v) is 6.84. The number of benzene rings is 2. The zero-order valence-electron chi connectivity index (χ0n) is 19.0. The van der Waals surface area contributed by atoms with Crippen molar-refractivity contribution in [1.29, 1.82) is 0 Å². The summed E-state index contributed by atoms with van der Waals surface area (Å²) in [5.41, 5.74) is -1.11. The molecule has 0 amide bonds. The first-order chi connectivity index (χ1) is 17.6. The number of imidazole rings is 1. The quantitative estimate of drug-likeness (QED) is 0.273. The number of hydrogen-bond acceptors (Lipinski definition) is 6. The number of nitrogens with zero attached hydrogens (tertiary/aromatic N) is 3. The van der Waals surface area contributed by atoms with Crippen LogP contribution >= 0.6 is 0 Å². The molecule has 14 heteroatoms. The Kier molecular flexibility index (Phi) is 5.82. The van der Waals surface area contributed by atoms with Crippen LogP contribution in [0.5, 0.6) is 5.88 Å². The van der Waals surface area contributed by atoms with Crippen LogP contribution in [0.4, 0.5) is 23.2 Å². The van der Waals surface area contributed by atoms with Gasteiger partial charge in [-0.2, -0.15) is 5.10 Å². The van der Waals surface area contributed by atoms with Gasteiger partial charge in [-0.15, -0.1) is 0 Å². The highest BCUT2D eigenvalue weighted by molar-refractivity contribution is 7.92. The minimum absolute atomic E-state index is 0.137. The number of anilines is 1. The summed E-state index contributed by atoms with van der Waals surface area (Å²) in [5.74, 6) is -4.63. The summed E-state index contributed by atoms with van der Waals surface area (Å²) >= 11 is 0. The number of hydrogen-bond donors (Lipinski definition) is 3. The Morgan fingerprint density at radius 1 is 1.00 bits per heavy atom. The number of aromatic amines is 2. The van der Waals surface area contributed by atoms with Crippen LogP contribution in [0.25, 0.3) is 33.5 Å². The Labute approximate surface area is 206 Å². The van der Waals surface area contributed by atoms with Crippen LogP contribution in [0, 0.1) is 30.2 Å². The first kappa shape index (κ1) is 24.2. The van der Waals surface area contributed by atoms with Gasteiger partial charge < -0.3 is 9.72 Å². The lowest BCUT2D eigenvalue weighted by Gasteiger charge is -2.14. The van der Waals surface area contributed by atoms with Crippen molar-refractivity contribution >= 4 is 26.6 Å². The highest BCUT2D eigenvalue weighted by atomic mass is 32.2. The van der Waals surface area contributed by atoms with Gasteiger partial charge in [-0.25, -0.2) is 35.9 Å². The van der Waals surface area contributed by atoms with E-state index in [0.29, 0.717) is 23.0 Å². The standard InChI is InChI=1S/C23H16F4N6O3S/c1-10-8-28-22(30-10)21-13-4-3-12(18(26)20(13)31-32-21)17-14(25)5-6-15(19(17)27)33-37(34,35)16-7-11(24)9-29-23(16)36-2/h3-9,33H,1-2H3,(H,28,30)(H,31,32). The molecule has 0 unspecified atom stereocenters. The molecule has 0 aliphatic heterocycles. The number of nitrogens with one attached hydrogen (secondary N) is 3. The fourth-order valence-electron chi connectivity index (χ4n) is 3.79. The lowest BCUT2D eigenvalue weighted by molar-refractivity contribution is 0.382. The number of pyridine rings is 1. The SMILES string of the molecule is COc1ncc(F)cc1S(=O)(=O)Nc1ccc(F)c(-c2ccc3c(-c4ncc(C)[nH]4)n[nH]c3c2F)c1F. The molecule has 5 rings (SSSR count). The van der Waals surface area contributed by atoms with Gasteiger partial charge in [0, 0.05) is 28.9 Å². The number of halogens is 4. The molecule has 5 aromatic rings. The van der Waals surface area contributed by atoms with Crippen LogP contribution in [-0.4, -0.2) is 40.7 Å². The maximum absolute atomic E-state index is 15.5. The summed E-state index contributed by atoms with van der Waals surface area (Å²) in [7, 11) is -3.53. The van der Waals surface area contributed by atoms with Crippen LogP contribution < -0.4 is 9.46 Å². The highest BCUT2D eigenvalue weighted by Gasteiger charge is 2.27. The van der Waals surface area contributed by atoms with E-state index >= 15 is 8.78 Å². The summed E-state index contributed by atoms with van der Waals surface area (Å²) in [4.78, 5) is 9.94. The predicted molar refractivity (Wildman–Crippen MR) is 125 cm³/mol. The molecule has 2 aromatic carbocycles. The monoisotopic (exact) mass is 532 g/mol. The molecule has 0 aliphatic rings. The van der Waals surface area contributed by atoms with Gasteiger partial charge in [-0.1, -0.05) is 6.07 Å². The van der Waals surface area contributed by atoms with Gasteiger partial charge in [0.25, 0.3) is 10.0 Å². The maximum Gasteiger partial charge on any atom is 0.267 e. The average molecular weight is 532 g/mol. The molecule has 0 bridgehead atoms. The number of fused-ring (bicyclic) bond motifs is 1. The van der Waals surface area contributed by atoms with Crippen molar-refractivity contribution in [3.8, 4) is 28.5 Å². The Morgan fingerprint density at radius 3 is 2.49 bits per heavy atom. The number of aryl methyl sites for hydroxylation is 1. The van der Waals surface area contributed by atoms with Gasteiger partial charge >= 0.3 is 0 Å². The summed E-state index contributed by atoms with van der Waals surface area (Å²) in [6.07, 6.45) is 2.30. The first-order valence-electron chi connectivity index (χ1n) is 10.5. The van der Waals surface area contributed by atoms with E-state index in [1.807, 2.05) is 4.72 Å². The van der Waals surface area contributed by atoms with Crippen LogP contribution in [0.15, 0.2) is 47.6 Å². The third kappa shape index (κ3) is 4.14. The maximum atomic E-state index is 15.5. The van der Waals surface area contributed by atoms with Crippen molar-refractivity contribution in [2.75, 3.05) is 11.8 Å². The summed E-state index contributed by atoms with van der Waals surface area (Å²) in [5, 5.41) is 6.87. The van der Waals surface area contributed by atoms with E-state index < -0.39 is 60.9 Å². The number of ether oxygens (including phenoxy) is 1. The zero-order valence-corrected chi connectivity index (χ0v) is 19.8. The minimum Gasteiger partial charge on any atom is -0.480 e. The number of rotatable bonds is 6. The van der Waals surface area contributed by atoms with Gasteiger partial charge in [0.05, 0.1) is 24.6 Å². The van der Waals surface area contributed by atoms with E-state index in [-0.39, 0.29) is 5.52 Å². The van der Waals surface area contributed by atoms with Crippen LogP contribution in [-0.2, 0) is 10.0 Å². The molecule has 0 saturated heterocycles. The first-order valence-corrected chi connectivity index (χ1v) is 12.0. The van der Waals surface area contributed by atoms with Gasteiger partial charge in [-0.05, 0) is 25.1 Å². The number of H-pyrrole nitrogens is 2. The Morgan fingerprint density at radius 2 is 1.78 bits per heavy atom. The second-order valence-corrected chi connectivity index (χ2v) is 9.54. The molecule has 0 fully saturated rings. The van der Waals surface area contributed by atoms with Crippen LogP contribution in [0.1, 0.15) is 5.69 Å². The van der Waals surface area contributed by atoms with E-state index in [1.165, 1.54) is 6.07 Å². The summed E-state index contributed by atoms with van der Waals surface area (Å²) in [6.45, 7) is 1.78. The smallest absolute Gasteiger partial charge is 0.267 e. The summed E-state index contributed by atoms with van der Waals surface area (Å²) in [6, 6.07) is 4.76. The average Bonchev–Trinajstić information content (AvgIpc) is 3.48. The van der Waals surface area contributed by atoms with E-state index in [1.54, 1.807) is 13.1 Å². The third-order valence-electron chi connectivity index (χ3n) is 5.48. The van der Waals surface area contributed by atoms with Crippen molar-refractivity contribution in [3.05, 3.63) is 71.7 Å². The topological polar surface area (TPSA) is 126 Å². The van der Waals surface area contributed by atoms with Gasteiger partial charge in [0.15, 0.2) is 22.4 Å². The van der Waals surface area contributed by atoms with Gasteiger partial charge in [0.2, 0.25) is 5.88 Å². The fourth-order valence-corrected chi connectivity index (χ4v) is 4.98. The van der Waals surface area contributed by atoms with Crippen molar-refractivity contribution in [1.82, 2.24) is 25.1 Å². The van der Waals surface area contributed by atoms with Crippen molar-refractivity contribution in [2.24, 2.45) is 0 Å². The highest BCUT2D eigenvalue weighted by Crippen LogP contribution is 2.37. The minimum atomic E-state index is -4.64. The molecule has 0 spiro atoms. The lowest BCUT2D eigenvalue weighted by Crippen LogP contribution is -2.16. The molecule has 3 N–H and O–H groups in total. The molecule has 190 valence electrons. The van der Waals surface area contributed by atoms with Crippen molar-refractivity contribution in [2.45, 2.75) is 11.8 Å². The molecule has 37 heavy (non-hydrogen) atoms. The normalized spacial score (nSPS) is 11.7. The molecule has 0 radical (unpaired) electrons. The predicted octanol–water partition coefficient (Wildman–Crippen LogP) is 4.69. The summed E-state index contributed by atoms with van der Waals surface area (Å²) < 4.78 is 91.9. The van der Waals surface area contributed by atoms with Crippen LogP contribution in [0.3, 0.4) is 0 Å². The number of aromatic nitrogens is 5. The van der Waals surface area contributed by atoms with Crippen molar-refractivity contribution < 1.29 is 30.7 Å². The number of methoxy groups -OCH3 is 1. The van der Waals surface area contributed by atoms with E-state index in [9.17, 15) is 17.2 Å². The molecule has 0 aliphatic carbocycles. The van der Waals surface area contributed by atoms with E-state index in [4.69, 9.17) is 4.74 Å². The second-order valence-electron chi connectivity index (χ2n) is 7.89. The number of sulfonamides is 1. The molecule has 0 saturated carbocycles. The Hall–Kier alpha value is -4.46. The molecule has 0 atom stereocenters. The Bertz CT molecular complexity index is 1790. The van der Waals surface area contributed by atoms with E-state index in [2.05, 4.69) is 25.1 Å². The largest absolute Gasteiger partial charge is 0.480 e. The van der Waals surface area contributed by atoms with Crippen molar-refractivity contribution in [3.63, 3.8) is 0 Å². The molecule has 3 aromatic heterocycles. The second kappa shape index (κ2) is 8.89. The molecule has 3 heterocycles. The van der Waals surface area contributed by atoms with E-state index in [0.717, 1.165) is 37.2 Å².